The van der Waals surface area contributed by atoms with Crippen molar-refractivity contribution in [2.75, 3.05) is 37.7 Å². The molecule has 6 rings (SSSR count). The number of carboxylic acid groups (broad SMARTS) is 1. The molecule has 9 unspecified atom stereocenters. The molecule has 6 nitrogen and oxygen atoms in total. The predicted octanol–water partition coefficient (Wildman–Crippen LogP) is 8.29. The second-order valence-electron chi connectivity index (χ2n) is 18.9. The summed E-state index contributed by atoms with van der Waals surface area (Å²) >= 11 is 0. The van der Waals surface area contributed by atoms with Gasteiger partial charge in [-0.1, -0.05) is 64.8 Å². The van der Waals surface area contributed by atoms with Crippen LogP contribution < -0.4 is 5.32 Å². The van der Waals surface area contributed by atoms with Crippen LogP contribution in [0.1, 0.15) is 131 Å². The fourth-order valence-corrected chi connectivity index (χ4v) is 15.0. The third kappa shape index (κ3) is 6.10. The number of unbranched alkanes of at least 4 members (excludes halogenated alkanes) is 2. The van der Waals surface area contributed by atoms with E-state index in [1.807, 2.05) is 0 Å². The van der Waals surface area contributed by atoms with Crippen LogP contribution in [0.15, 0.2) is 23.8 Å². The van der Waals surface area contributed by atoms with Gasteiger partial charge < -0.3 is 15.3 Å². The number of carbonyl (C=O) groups is 1. The lowest BCUT2D eigenvalue weighted by Crippen LogP contribution is -2.68. The highest BCUT2D eigenvalue weighted by atomic mass is 32.2. The molecule has 1 aliphatic heterocycles. The zero-order valence-corrected chi connectivity index (χ0v) is 32.2. The lowest BCUT2D eigenvalue weighted by Gasteiger charge is -2.72. The molecule has 0 spiro atoms. The van der Waals surface area contributed by atoms with Gasteiger partial charge >= 0.3 is 5.97 Å². The van der Waals surface area contributed by atoms with Crippen molar-refractivity contribution in [3.05, 3.63) is 23.8 Å². The Morgan fingerprint density at radius 3 is 2.35 bits per heavy atom. The summed E-state index contributed by atoms with van der Waals surface area (Å²) in [6.07, 6.45) is 18.6. The number of allylic oxidation sites excluding steroid dienone is 3. The van der Waals surface area contributed by atoms with Gasteiger partial charge in [0.15, 0.2) is 9.84 Å². The Hall–Kier alpha value is -1.18. The first-order chi connectivity index (χ1) is 22.5. The van der Waals surface area contributed by atoms with Gasteiger partial charge in [0.2, 0.25) is 0 Å². The molecule has 9 atom stereocenters. The van der Waals surface area contributed by atoms with Crippen molar-refractivity contribution in [3.8, 4) is 0 Å². The molecule has 4 saturated carbocycles. The van der Waals surface area contributed by atoms with Crippen LogP contribution in [0.2, 0.25) is 0 Å². The number of nitrogens with zero attached hydrogens (tertiary/aromatic N) is 1. The second-order valence-corrected chi connectivity index (χ2v) is 21.2. The van der Waals surface area contributed by atoms with Gasteiger partial charge in [0.25, 0.3) is 0 Å². The summed E-state index contributed by atoms with van der Waals surface area (Å²) in [5.41, 5.74) is 4.35. The standard InChI is InChI=1S/C41H68N2O4S/c1-29(2)31-16-20-41(42-23-24-43-25-27-48(46,47)28-26-43)22-21-39(6)32(36(31)41)13-14-34-38(5)18-15-30(11-9-8-10-12-35(44)45)37(3,4)33(38)17-19-40(34,39)7/h15,31-34,36,42H,1,8-14,16-28H2,2-7H3,(H,44,45). The molecule has 48 heavy (non-hydrogen) atoms. The fraction of sp³-hybridized carbons (Fsp3) is 0.878. The van der Waals surface area contributed by atoms with E-state index < -0.39 is 15.8 Å². The van der Waals surface area contributed by atoms with E-state index in [0.717, 1.165) is 44.7 Å². The highest BCUT2D eigenvalue weighted by Crippen LogP contribution is 2.76. The molecule has 5 aliphatic carbocycles. The molecule has 6 aliphatic rings. The smallest absolute Gasteiger partial charge is 0.303 e. The first-order valence-corrected chi connectivity index (χ1v) is 21.6. The monoisotopic (exact) mass is 684 g/mol. The number of rotatable bonds is 11. The van der Waals surface area contributed by atoms with Crippen LogP contribution in [0.5, 0.6) is 0 Å². The Balaban J connectivity index is 1.20. The summed E-state index contributed by atoms with van der Waals surface area (Å²) < 4.78 is 24.0. The van der Waals surface area contributed by atoms with E-state index in [0.29, 0.717) is 70.9 Å². The number of sulfone groups is 1. The minimum absolute atomic E-state index is 0.175. The molecule has 0 radical (unpaired) electrons. The van der Waals surface area contributed by atoms with E-state index in [1.54, 1.807) is 5.57 Å². The van der Waals surface area contributed by atoms with Crippen molar-refractivity contribution < 1.29 is 18.3 Å². The number of fused-ring (bicyclic) bond motifs is 7. The summed E-state index contributed by atoms with van der Waals surface area (Å²) in [6, 6.07) is 0. The third-order valence-electron chi connectivity index (χ3n) is 16.5. The van der Waals surface area contributed by atoms with Crippen molar-refractivity contribution in [2.24, 2.45) is 51.2 Å². The Labute approximate surface area is 293 Å². The summed E-state index contributed by atoms with van der Waals surface area (Å²) in [5.74, 6) is 3.30. The van der Waals surface area contributed by atoms with Gasteiger partial charge in [-0.2, -0.15) is 0 Å². The van der Waals surface area contributed by atoms with Gasteiger partial charge in [0.1, 0.15) is 0 Å². The first kappa shape index (κ1) is 36.6. The van der Waals surface area contributed by atoms with E-state index in [1.165, 1.54) is 63.4 Å². The number of hydrogen-bond donors (Lipinski definition) is 2. The normalized spacial score (nSPS) is 43.3. The Kier molecular flexibility index (Phi) is 9.99. The highest BCUT2D eigenvalue weighted by Gasteiger charge is 2.70. The van der Waals surface area contributed by atoms with E-state index >= 15 is 0 Å². The van der Waals surface area contributed by atoms with Crippen molar-refractivity contribution in [2.45, 2.75) is 137 Å². The van der Waals surface area contributed by atoms with Crippen LogP contribution in [-0.2, 0) is 14.6 Å². The average Bonchev–Trinajstić information content (AvgIpc) is 3.39. The van der Waals surface area contributed by atoms with E-state index in [2.05, 4.69) is 64.4 Å². The van der Waals surface area contributed by atoms with Gasteiger partial charge in [-0.05, 0) is 135 Å². The van der Waals surface area contributed by atoms with Gasteiger partial charge in [0.05, 0.1) is 11.5 Å². The number of aliphatic carboxylic acids is 1. The van der Waals surface area contributed by atoms with Crippen molar-refractivity contribution in [3.63, 3.8) is 0 Å². The molecule has 1 heterocycles. The maximum absolute atomic E-state index is 12.0. The summed E-state index contributed by atoms with van der Waals surface area (Å²) in [6.45, 7) is 23.3. The molecule has 5 fully saturated rings. The van der Waals surface area contributed by atoms with Gasteiger partial charge in [-0.25, -0.2) is 8.42 Å². The molecule has 0 bridgehead atoms. The quantitative estimate of drug-likeness (QED) is 0.168. The summed E-state index contributed by atoms with van der Waals surface area (Å²) in [4.78, 5) is 13.4. The molecular formula is C41H68N2O4S. The summed E-state index contributed by atoms with van der Waals surface area (Å²) in [5, 5.41) is 13.3. The highest BCUT2D eigenvalue weighted by molar-refractivity contribution is 7.91. The molecule has 0 amide bonds. The average molecular weight is 685 g/mol. The molecule has 0 aromatic carbocycles. The van der Waals surface area contributed by atoms with Crippen LogP contribution in [0.25, 0.3) is 0 Å². The number of hydrogen-bond acceptors (Lipinski definition) is 5. The Bertz CT molecular complexity index is 1370. The zero-order chi connectivity index (χ0) is 34.8. The fourth-order valence-electron chi connectivity index (χ4n) is 13.7. The molecule has 2 N–H and O–H groups in total. The largest absolute Gasteiger partial charge is 0.481 e. The minimum Gasteiger partial charge on any atom is -0.481 e. The third-order valence-corrected chi connectivity index (χ3v) is 18.1. The topological polar surface area (TPSA) is 86.7 Å². The van der Waals surface area contributed by atoms with Crippen LogP contribution >= 0.6 is 0 Å². The maximum Gasteiger partial charge on any atom is 0.303 e. The molecule has 1 saturated heterocycles. The van der Waals surface area contributed by atoms with E-state index in [-0.39, 0.29) is 11.0 Å². The Morgan fingerprint density at radius 1 is 0.938 bits per heavy atom. The van der Waals surface area contributed by atoms with Crippen molar-refractivity contribution >= 4 is 15.8 Å². The first-order valence-electron chi connectivity index (χ1n) is 19.7. The van der Waals surface area contributed by atoms with E-state index in [9.17, 15) is 13.2 Å². The van der Waals surface area contributed by atoms with Crippen LogP contribution in [-0.4, -0.2) is 67.6 Å². The molecule has 272 valence electrons. The minimum atomic E-state index is -2.85. The summed E-state index contributed by atoms with van der Waals surface area (Å²) in [7, 11) is -2.85. The van der Waals surface area contributed by atoms with Crippen LogP contribution in [0.4, 0.5) is 0 Å². The lowest BCUT2D eigenvalue weighted by atomic mass is 9.33. The maximum atomic E-state index is 12.0. The molecular weight excluding hydrogens is 617 g/mol. The number of carboxylic acids is 1. The molecule has 0 aromatic rings. The number of nitrogens with one attached hydrogen (secondary N) is 1. The lowest BCUT2D eigenvalue weighted by molar-refractivity contribution is -0.221. The van der Waals surface area contributed by atoms with Gasteiger partial charge in [-0.3, -0.25) is 4.79 Å². The van der Waals surface area contributed by atoms with Gasteiger partial charge in [0, 0.05) is 38.1 Å². The predicted molar refractivity (Wildman–Crippen MR) is 197 cm³/mol. The van der Waals surface area contributed by atoms with E-state index in [4.69, 9.17) is 5.11 Å². The zero-order valence-electron chi connectivity index (χ0n) is 31.3. The molecule has 0 aromatic heterocycles. The Morgan fingerprint density at radius 2 is 1.67 bits per heavy atom. The SMILES string of the molecule is C=C(C)C1CCC2(NCCN3CCS(=O)(=O)CC3)CCC3(C)C(CCC4C5(C)CC=C(CCCCCC(=O)O)C(C)(C)C5CCC43C)C12. The van der Waals surface area contributed by atoms with Crippen LogP contribution in [0, 0.1) is 51.2 Å². The van der Waals surface area contributed by atoms with Crippen LogP contribution in [0.3, 0.4) is 0 Å². The second kappa shape index (κ2) is 13.1. The van der Waals surface area contributed by atoms with Crippen molar-refractivity contribution in [1.82, 2.24) is 10.2 Å². The van der Waals surface area contributed by atoms with Crippen molar-refractivity contribution in [1.29, 1.82) is 0 Å². The molecule has 7 heteroatoms. The van der Waals surface area contributed by atoms with Gasteiger partial charge in [-0.15, -0.1) is 0 Å².